The Kier molecular flexibility index (Phi) is 3.60. The second-order valence-electron chi connectivity index (χ2n) is 6.70. The molecule has 0 spiro atoms. The Bertz CT molecular complexity index is 781. The fraction of sp³-hybridized carbons (Fsp3) is 0.556. The predicted octanol–water partition coefficient (Wildman–Crippen LogP) is 2.42. The standard InChI is InChI=1S/C18H23N3O2/c1-3-21-15-7-5-4-6-14(15)19-17(18(21)22)20-10-12(2)23-16(11-20)13-8-9-13/h4-7,12-13,16H,3,8-11H2,1-2H3. The SMILES string of the molecule is CCn1c(=O)c(N2CC(C)OC(C3CC3)C2)nc2ccccc21. The van der Waals surface area contributed by atoms with Gasteiger partial charge in [0.1, 0.15) is 0 Å². The van der Waals surface area contributed by atoms with Gasteiger partial charge in [0.25, 0.3) is 5.56 Å². The Labute approximate surface area is 135 Å². The lowest BCUT2D eigenvalue weighted by Gasteiger charge is -2.37. The number of aryl methyl sites for hydroxylation is 1. The molecule has 5 heteroatoms. The lowest BCUT2D eigenvalue weighted by Crippen LogP contribution is -2.50. The van der Waals surface area contributed by atoms with Gasteiger partial charge in [-0.1, -0.05) is 12.1 Å². The second-order valence-corrected chi connectivity index (χ2v) is 6.70. The number of rotatable bonds is 3. The van der Waals surface area contributed by atoms with E-state index in [4.69, 9.17) is 9.72 Å². The summed E-state index contributed by atoms with van der Waals surface area (Å²) in [5, 5.41) is 0. The number of hydrogen-bond acceptors (Lipinski definition) is 4. The van der Waals surface area contributed by atoms with E-state index in [1.807, 2.05) is 35.8 Å². The quantitative estimate of drug-likeness (QED) is 0.873. The maximum absolute atomic E-state index is 12.9. The van der Waals surface area contributed by atoms with Crippen molar-refractivity contribution in [3.63, 3.8) is 0 Å². The first-order chi connectivity index (χ1) is 11.2. The van der Waals surface area contributed by atoms with Crippen molar-refractivity contribution in [2.75, 3.05) is 18.0 Å². The zero-order valence-corrected chi connectivity index (χ0v) is 13.7. The summed E-state index contributed by atoms with van der Waals surface area (Å²) in [6, 6.07) is 7.87. The van der Waals surface area contributed by atoms with Crippen LogP contribution < -0.4 is 10.5 Å². The van der Waals surface area contributed by atoms with Gasteiger partial charge in [0.05, 0.1) is 23.2 Å². The Morgan fingerprint density at radius 2 is 2.04 bits per heavy atom. The van der Waals surface area contributed by atoms with Crippen LogP contribution in [0.3, 0.4) is 0 Å². The average Bonchev–Trinajstić information content (AvgIpc) is 3.38. The van der Waals surface area contributed by atoms with Crippen LogP contribution in [0.1, 0.15) is 26.7 Å². The van der Waals surface area contributed by atoms with Gasteiger partial charge in [0.2, 0.25) is 0 Å². The van der Waals surface area contributed by atoms with Crippen LogP contribution in [0.5, 0.6) is 0 Å². The molecule has 1 aliphatic heterocycles. The third-order valence-electron chi connectivity index (χ3n) is 4.88. The minimum Gasteiger partial charge on any atom is -0.371 e. The molecule has 23 heavy (non-hydrogen) atoms. The molecule has 0 radical (unpaired) electrons. The molecule has 2 unspecified atom stereocenters. The van der Waals surface area contributed by atoms with E-state index in [0.29, 0.717) is 18.3 Å². The fourth-order valence-electron chi connectivity index (χ4n) is 3.59. The number of fused-ring (bicyclic) bond motifs is 1. The van der Waals surface area contributed by atoms with Crippen molar-refractivity contribution in [3.05, 3.63) is 34.6 Å². The first-order valence-corrected chi connectivity index (χ1v) is 8.57. The van der Waals surface area contributed by atoms with Gasteiger partial charge in [0.15, 0.2) is 5.82 Å². The van der Waals surface area contributed by atoms with Gasteiger partial charge < -0.3 is 14.2 Å². The Hall–Kier alpha value is -1.88. The molecule has 122 valence electrons. The molecule has 0 N–H and O–H groups in total. The lowest BCUT2D eigenvalue weighted by atomic mass is 10.1. The van der Waals surface area contributed by atoms with Gasteiger partial charge in [-0.25, -0.2) is 4.98 Å². The average molecular weight is 313 g/mol. The van der Waals surface area contributed by atoms with Gasteiger partial charge >= 0.3 is 0 Å². The molecule has 4 rings (SSSR count). The van der Waals surface area contributed by atoms with Crippen molar-refractivity contribution >= 4 is 16.9 Å². The van der Waals surface area contributed by atoms with Crippen LogP contribution in [-0.4, -0.2) is 34.8 Å². The highest BCUT2D eigenvalue weighted by molar-refractivity contribution is 5.76. The van der Waals surface area contributed by atoms with E-state index in [1.54, 1.807) is 0 Å². The van der Waals surface area contributed by atoms with Gasteiger partial charge in [0, 0.05) is 19.6 Å². The van der Waals surface area contributed by atoms with Gasteiger partial charge in [-0.3, -0.25) is 4.79 Å². The second kappa shape index (κ2) is 5.64. The number of ether oxygens (including phenoxy) is 1. The maximum Gasteiger partial charge on any atom is 0.293 e. The van der Waals surface area contributed by atoms with Crippen LogP contribution in [0.4, 0.5) is 5.82 Å². The van der Waals surface area contributed by atoms with E-state index in [2.05, 4.69) is 11.8 Å². The molecule has 2 heterocycles. The Morgan fingerprint density at radius 1 is 1.26 bits per heavy atom. The van der Waals surface area contributed by atoms with Gasteiger partial charge in [-0.05, 0) is 44.7 Å². The highest BCUT2D eigenvalue weighted by atomic mass is 16.5. The molecular formula is C18H23N3O2. The van der Waals surface area contributed by atoms with Crippen LogP contribution in [0.25, 0.3) is 11.0 Å². The highest BCUT2D eigenvalue weighted by Gasteiger charge is 2.38. The number of nitrogens with zero attached hydrogens (tertiary/aromatic N) is 3. The normalized spacial score (nSPS) is 25.0. The summed E-state index contributed by atoms with van der Waals surface area (Å²) in [4.78, 5) is 19.8. The van der Waals surface area contributed by atoms with E-state index < -0.39 is 0 Å². The minimum atomic E-state index is 0.00912. The van der Waals surface area contributed by atoms with E-state index in [1.165, 1.54) is 12.8 Å². The monoisotopic (exact) mass is 313 g/mol. The van der Waals surface area contributed by atoms with E-state index >= 15 is 0 Å². The number of morpholine rings is 1. The number of benzene rings is 1. The molecule has 2 atom stereocenters. The van der Waals surface area contributed by atoms with Crippen molar-refractivity contribution in [2.45, 2.75) is 45.4 Å². The largest absolute Gasteiger partial charge is 0.371 e. The van der Waals surface area contributed by atoms with E-state index in [9.17, 15) is 4.79 Å². The van der Waals surface area contributed by atoms with Gasteiger partial charge in [-0.2, -0.15) is 0 Å². The van der Waals surface area contributed by atoms with Crippen molar-refractivity contribution < 1.29 is 4.74 Å². The Morgan fingerprint density at radius 3 is 2.78 bits per heavy atom. The molecule has 1 aliphatic carbocycles. The smallest absolute Gasteiger partial charge is 0.293 e. The molecule has 1 aromatic heterocycles. The van der Waals surface area contributed by atoms with Crippen molar-refractivity contribution in [3.8, 4) is 0 Å². The summed E-state index contributed by atoms with van der Waals surface area (Å²) >= 11 is 0. The molecule has 0 amide bonds. The molecule has 1 saturated heterocycles. The third-order valence-corrected chi connectivity index (χ3v) is 4.88. The van der Waals surface area contributed by atoms with Crippen LogP contribution in [0, 0.1) is 5.92 Å². The number of anilines is 1. The first kappa shape index (κ1) is 14.7. The van der Waals surface area contributed by atoms with Gasteiger partial charge in [-0.15, -0.1) is 0 Å². The van der Waals surface area contributed by atoms with Crippen molar-refractivity contribution in [2.24, 2.45) is 5.92 Å². The fourth-order valence-corrected chi connectivity index (χ4v) is 3.59. The van der Waals surface area contributed by atoms with Crippen LogP contribution in [-0.2, 0) is 11.3 Å². The van der Waals surface area contributed by atoms with Crippen LogP contribution >= 0.6 is 0 Å². The molecule has 1 saturated carbocycles. The van der Waals surface area contributed by atoms with Crippen LogP contribution in [0.2, 0.25) is 0 Å². The summed E-state index contributed by atoms with van der Waals surface area (Å²) in [6.07, 6.45) is 2.86. The number of aromatic nitrogens is 2. The lowest BCUT2D eigenvalue weighted by molar-refractivity contribution is -0.0274. The molecule has 2 aromatic rings. The molecule has 0 bridgehead atoms. The first-order valence-electron chi connectivity index (χ1n) is 8.57. The zero-order chi connectivity index (χ0) is 16.0. The molecular weight excluding hydrogens is 290 g/mol. The van der Waals surface area contributed by atoms with E-state index in [-0.39, 0.29) is 17.8 Å². The van der Waals surface area contributed by atoms with Crippen molar-refractivity contribution in [1.29, 1.82) is 0 Å². The number of hydrogen-bond donors (Lipinski definition) is 0. The molecule has 1 aromatic carbocycles. The summed E-state index contributed by atoms with van der Waals surface area (Å²) in [5.74, 6) is 1.24. The zero-order valence-electron chi connectivity index (χ0n) is 13.7. The van der Waals surface area contributed by atoms with E-state index in [0.717, 1.165) is 24.1 Å². The topological polar surface area (TPSA) is 47.4 Å². The van der Waals surface area contributed by atoms with Crippen molar-refractivity contribution in [1.82, 2.24) is 9.55 Å². The molecule has 5 nitrogen and oxygen atoms in total. The number of para-hydroxylation sites is 2. The molecule has 2 aliphatic rings. The summed E-state index contributed by atoms with van der Waals surface area (Å²) in [7, 11) is 0. The predicted molar refractivity (Wildman–Crippen MR) is 90.9 cm³/mol. The Balaban J connectivity index is 1.78. The summed E-state index contributed by atoms with van der Waals surface area (Å²) in [5.41, 5.74) is 1.80. The third kappa shape index (κ3) is 2.63. The maximum atomic E-state index is 12.9. The van der Waals surface area contributed by atoms with Crippen LogP contribution in [0.15, 0.2) is 29.1 Å². The highest BCUT2D eigenvalue weighted by Crippen LogP contribution is 2.37. The summed E-state index contributed by atoms with van der Waals surface area (Å²) < 4.78 is 7.89. The minimum absolute atomic E-state index is 0.00912. The summed E-state index contributed by atoms with van der Waals surface area (Å²) in [6.45, 7) is 6.25. The molecule has 2 fully saturated rings.